The summed E-state index contributed by atoms with van der Waals surface area (Å²) in [6.45, 7) is 18.9. The van der Waals surface area contributed by atoms with Crippen LogP contribution in [0.4, 0.5) is 17.1 Å². The summed E-state index contributed by atoms with van der Waals surface area (Å²) in [6, 6.07) is 51.3. The number of hydrogen-bond acceptors (Lipinski definition) is 1. The maximum absolute atomic E-state index is 2.51. The second-order valence-corrected chi connectivity index (χ2v) is 15.9. The number of anilines is 3. The highest BCUT2D eigenvalue weighted by atomic mass is 15.1. The minimum absolute atomic E-state index is 0.0274. The lowest BCUT2D eigenvalue weighted by atomic mass is 9.74. The lowest BCUT2D eigenvalue weighted by Gasteiger charge is -2.31. The van der Waals surface area contributed by atoms with E-state index in [2.05, 4.69) is 200 Å². The molecule has 240 valence electrons. The summed E-state index contributed by atoms with van der Waals surface area (Å²) in [7, 11) is 0. The average Bonchev–Trinajstić information content (AvgIpc) is 3.31. The average molecular weight is 626 g/mol. The van der Waals surface area contributed by atoms with Crippen molar-refractivity contribution in [2.24, 2.45) is 0 Å². The summed E-state index contributed by atoms with van der Waals surface area (Å²) < 4.78 is 0. The molecule has 1 aliphatic carbocycles. The third-order valence-electron chi connectivity index (χ3n) is 10.2. The molecule has 0 bridgehead atoms. The third kappa shape index (κ3) is 5.36. The Kier molecular flexibility index (Phi) is 7.71. The van der Waals surface area contributed by atoms with Crippen molar-refractivity contribution in [3.63, 3.8) is 0 Å². The first-order chi connectivity index (χ1) is 22.9. The molecule has 1 nitrogen and oxygen atoms in total. The molecule has 0 saturated carbocycles. The van der Waals surface area contributed by atoms with Gasteiger partial charge in [-0.1, -0.05) is 171 Å². The normalized spacial score (nSPS) is 13.6. The van der Waals surface area contributed by atoms with E-state index < -0.39 is 0 Å². The van der Waals surface area contributed by atoms with Crippen LogP contribution in [-0.2, 0) is 16.2 Å². The van der Waals surface area contributed by atoms with Gasteiger partial charge < -0.3 is 4.90 Å². The van der Waals surface area contributed by atoms with Gasteiger partial charge in [0.1, 0.15) is 0 Å². The standard InChI is InChI=1S/C47H47N/c1-45(2,3)33-30-39(46(4,5)6)44-40(31-33)47(7,8)38-27-19-26-37(43(38)44)36-25-16-18-29-42(36)48(34-22-13-10-14-23-34)41-28-17-15-24-35(41)32-20-11-9-12-21-32/h9-31H,1-8H3. The predicted molar refractivity (Wildman–Crippen MR) is 207 cm³/mol. The van der Waals surface area contributed by atoms with Crippen molar-refractivity contribution in [1.82, 2.24) is 0 Å². The van der Waals surface area contributed by atoms with Crippen LogP contribution in [0.5, 0.6) is 0 Å². The van der Waals surface area contributed by atoms with Crippen molar-refractivity contribution in [2.45, 2.75) is 71.6 Å². The largest absolute Gasteiger partial charge is 0.309 e. The zero-order valence-electron chi connectivity index (χ0n) is 29.7. The van der Waals surface area contributed by atoms with Crippen LogP contribution >= 0.6 is 0 Å². The lowest BCUT2D eigenvalue weighted by molar-refractivity contribution is 0.564. The fraction of sp³-hybridized carbons (Fsp3) is 0.234. The summed E-state index contributed by atoms with van der Waals surface area (Å²) in [5.74, 6) is 0. The number of rotatable bonds is 5. The van der Waals surface area contributed by atoms with Crippen molar-refractivity contribution in [3.8, 4) is 33.4 Å². The molecule has 0 amide bonds. The molecule has 0 atom stereocenters. The number of fused-ring (bicyclic) bond motifs is 3. The molecule has 0 aliphatic heterocycles. The van der Waals surface area contributed by atoms with Crippen LogP contribution in [0.15, 0.2) is 140 Å². The van der Waals surface area contributed by atoms with Gasteiger partial charge >= 0.3 is 0 Å². The van der Waals surface area contributed by atoms with Crippen LogP contribution in [0.1, 0.15) is 77.6 Å². The monoisotopic (exact) mass is 625 g/mol. The molecule has 1 heteroatoms. The maximum atomic E-state index is 2.51. The second kappa shape index (κ2) is 11.7. The zero-order valence-corrected chi connectivity index (χ0v) is 29.7. The van der Waals surface area contributed by atoms with Crippen LogP contribution in [0.25, 0.3) is 33.4 Å². The second-order valence-electron chi connectivity index (χ2n) is 15.9. The fourth-order valence-electron chi connectivity index (χ4n) is 7.55. The van der Waals surface area contributed by atoms with E-state index in [0.29, 0.717) is 0 Å². The van der Waals surface area contributed by atoms with Crippen molar-refractivity contribution in [2.75, 3.05) is 4.90 Å². The smallest absolute Gasteiger partial charge is 0.0540 e. The van der Waals surface area contributed by atoms with E-state index in [1.165, 1.54) is 55.6 Å². The summed E-state index contributed by atoms with van der Waals surface area (Å²) in [6.07, 6.45) is 0. The zero-order chi connectivity index (χ0) is 33.8. The van der Waals surface area contributed by atoms with Gasteiger partial charge in [0, 0.05) is 22.2 Å². The molecule has 0 heterocycles. The Labute approximate surface area is 287 Å². The van der Waals surface area contributed by atoms with E-state index >= 15 is 0 Å². The van der Waals surface area contributed by atoms with Crippen LogP contribution in [0.3, 0.4) is 0 Å². The highest BCUT2D eigenvalue weighted by molar-refractivity contribution is 6.00. The van der Waals surface area contributed by atoms with Gasteiger partial charge in [-0.15, -0.1) is 0 Å². The number of nitrogens with zero attached hydrogens (tertiary/aromatic N) is 1. The summed E-state index contributed by atoms with van der Waals surface area (Å²) in [4.78, 5) is 2.45. The van der Waals surface area contributed by atoms with Crippen molar-refractivity contribution in [3.05, 3.63) is 162 Å². The van der Waals surface area contributed by atoms with Gasteiger partial charge in [-0.25, -0.2) is 0 Å². The number of para-hydroxylation sites is 3. The first-order valence-corrected chi connectivity index (χ1v) is 17.3. The topological polar surface area (TPSA) is 3.24 Å². The summed E-state index contributed by atoms with van der Waals surface area (Å²) in [5, 5.41) is 0. The highest BCUT2D eigenvalue weighted by Crippen LogP contribution is 2.57. The van der Waals surface area contributed by atoms with Gasteiger partial charge in [0.25, 0.3) is 0 Å². The summed E-state index contributed by atoms with van der Waals surface area (Å²) >= 11 is 0. The fourth-order valence-corrected chi connectivity index (χ4v) is 7.55. The van der Waals surface area contributed by atoms with E-state index in [1.807, 2.05) is 0 Å². The molecule has 0 spiro atoms. The van der Waals surface area contributed by atoms with Gasteiger partial charge in [0.15, 0.2) is 0 Å². The Morgan fingerprint density at radius 2 is 1.00 bits per heavy atom. The van der Waals surface area contributed by atoms with Gasteiger partial charge in [-0.3, -0.25) is 0 Å². The molecule has 0 aromatic heterocycles. The maximum Gasteiger partial charge on any atom is 0.0540 e. The van der Waals surface area contributed by atoms with Crippen molar-refractivity contribution in [1.29, 1.82) is 0 Å². The summed E-state index contributed by atoms with van der Waals surface area (Å²) in [5.41, 5.74) is 16.7. The Morgan fingerprint density at radius 3 is 1.62 bits per heavy atom. The molecule has 6 aromatic carbocycles. The van der Waals surface area contributed by atoms with Crippen LogP contribution in [0.2, 0.25) is 0 Å². The van der Waals surface area contributed by atoms with E-state index in [-0.39, 0.29) is 16.2 Å². The molecule has 1 aliphatic rings. The lowest BCUT2D eigenvalue weighted by Crippen LogP contribution is -2.21. The van der Waals surface area contributed by atoms with E-state index in [9.17, 15) is 0 Å². The molecule has 0 N–H and O–H groups in total. The minimum Gasteiger partial charge on any atom is -0.309 e. The highest BCUT2D eigenvalue weighted by Gasteiger charge is 2.41. The van der Waals surface area contributed by atoms with Crippen molar-refractivity contribution < 1.29 is 0 Å². The van der Waals surface area contributed by atoms with E-state index in [4.69, 9.17) is 0 Å². The van der Waals surface area contributed by atoms with Crippen LogP contribution in [0, 0.1) is 0 Å². The van der Waals surface area contributed by atoms with Crippen LogP contribution in [-0.4, -0.2) is 0 Å². The Bertz CT molecular complexity index is 2100. The molecule has 0 radical (unpaired) electrons. The Morgan fingerprint density at radius 1 is 0.458 bits per heavy atom. The Balaban J connectivity index is 1.53. The Hall–Kier alpha value is -4.88. The molecular weight excluding hydrogens is 579 g/mol. The van der Waals surface area contributed by atoms with Gasteiger partial charge in [0.05, 0.1) is 11.4 Å². The predicted octanol–water partition coefficient (Wildman–Crippen LogP) is 13.4. The van der Waals surface area contributed by atoms with Gasteiger partial charge in [-0.05, 0) is 79.6 Å². The quantitative estimate of drug-likeness (QED) is 0.184. The number of hydrogen-bond donors (Lipinski definition) is 0. The number of benzene rings is 6. The molecule has 0 fully saturated rings. The van der Waals surface area contributed by atoms with E-state index in [0.717, 1.165) is 17.1 Å². The molecular formula is C47H47N. The molecule has 0 unspecified atom stereocenters. The van der Waals surface area contributed by atoms with Gasteiger partial charge in [0.2, 0.25) is 0 Å². The van der Waals surface area contributed by atoms with Crippen molar-refractivity contribution >= 4 is 17.1 Å². The minimum atomic E-state index is -0.129. The molecule has 0 saturated heterocycles. The van der Waals surface area contributed by atoms with Gasteiger partial charge in [-0.2, -0.15) is 0 Å². The first kappa shape index (κ1) is 31.7. The van der Waals surface area contributed by atoms with E-state index in [1.54, 1.807) is 0 Å². The van der Waals surface area contributed by atoms with Crippen LogP contribution < -0.4 is 4.90 Å². The first-order valence-electron chi connectivity index (χ1n) is 17.3. The molecule has 6 aromatic rings. The molecule has 7 rings (SSSR count). The SMILES string of the molecule is CC(C)(C)c1cc(C(C)(C)C)c2c(c1)C(C)(C)c1cccc(-c3ccccc3N(c3ccccc3)c3ccccc3-c3ccccc3)c1-2. The molecule has 48 heavy (non-hydrogen) atoms. The third-order valence-corrected chi connectivity index (χ3v) is 10.2.